The van der Waals surface area contributed by atoms with Crippen molar-refractivity contribution < 1.29 is 14.3 Å². The van der Waals surface area contributed by atoms with Crippen LogP contribution < -0.4 is 11.1 Å². The van der Waals surface area contributed by atoms with Crippen molar-refractivity contribution in [2.75, 3.05) is 20.3 Å². The normalized spacial score (nSPS) is 27.7. The Bertz CT molecular complexity index is 211. The fourth-order valence-corrected chi connectivity index (χ4v) is 1.59. The molecule has 15 heavy (non-hydrogen) atoms. The SMILES string of the molecule is COCCC(N)C(=O)NC1CCOC1C. The Morgan fingerprint density at radius 1 is 1.73 bits per heavy atom. The average Bonchev–Trinajstić information content (AvgIpc) is 2.61. The van der Waals surface area contributed by atoms with Crippen molar-refractivity contribution in [2.24, 2.45) is 5.73 Å². The molecule has 1 amide bonds. The largest absolute Gasteiger partial charge is 0.385 e. The molecule has 0 aromatic heterocycles. The summed E-state index contributed by atoms with van der Waals surface area (Å²) < 4.78 is 10.2. The zero-order valence-electron chi connectivity index (χ0n) is 9.36. The molecule has 1 aliphatic rings. The van der Waals surface area contributed by atoms with Gasteiger partial charge in [-0.25, -0.2) is 0 Å². The Morgan fingerprint density at radius 2 is 2.47 bits per heavy atom. The topological polar surface area (TPSA) is 73.6 Å². The first kappa shape index (κ1) is 12.4. The second-order valence-electron chi connectivity index (χ2n) is 3.87. The van der Waals surface area contributed by atoms with E-state index in [1.165, 1.54) is 0 Å². The van der Waals surface area contributed by atoms with Crippen LogP contribution in [0.2, 0.25) is 0 Å². The van der Waals surface area contributed by atoms with E-state index in [4.69, 9.17) is 15.2 Å². The van der Waals surface area contributed by atoms with E-state index in [1.807, 2.05) is 6.92 Å². The number of nitrogens with two attached hydrogens (primary N) is 1. The van der Waals surface area contributed by atoms with Crippen LogP contribution in [0.1, 0.15) is 19.8 Å². The van der Waals surface area contributed by atoms with Gasteiger partial charge in [0, 0.05) is 20.3 Å². The molecule has 1 rings (SSSR count). The lowest BCUT2D eigenvalue weighted by atomic mass is 10.1. The molecule has 1 aliphatic heterocycles. The first-order chi connectivity index (χ1) is 7.15. The monoisotopic (exact) mass is 216 g/mol. The van der Waals surface area contributed by atoms with Gasteiger partial charge in [0.2, 0.25) is 5.91 Å². The van der Waals surface area contributed by atoms with E-state index in [0.29, 0.717) is 19.6 Å². The number of hydrogen-bond acceptors (Lipinski definition) is 4. The van der Waals surface area contributed by atoms with E-state index in [-0.39, 0.29) is 18.1 Å². The number of ether oxygens (including phenoxy) is 2. The average molecular weight is 216 g/mol. The van der Waals surface area contributed by atoms with Gasteiger partial charge in [0.05, 0.1) is 18.2 Å². The molecule has 0 saturated carbocycles. The van der Waals surface area contributed by atoms with E-state index in [2.05, 4.69) is 5.32 Å². The quantitative estimate of drug-likeness (QED) is 0.658. The van der Waals surface area contributed by atoms with Gasteiger partial charge in [0.1, 0.15) is 0 Å². The van der Waals surface area contributed by atoms with Crippen LogP contribution in [-0.4, -0.2) is 44.4 Å². The summed E-state index contributed by atoms with van der Waals surface area (Å²) in [6.45, 7) is 3.17. The smallest absolute Gasteiger partial charge is 0.237 e. The number of carbonyl (C=O) groups excluding carboxylic acids is 1. The van der Waals surface area contributed by atoms with Crippen LogP contribution in [-0.2, 0) is 14.3 Å². The highest BCUT2D eigenvalue weighted by atomic mass is 16.5. The number of nitrogens with one attached hydrogen (secondary N) is 1. The van der Waals surface area contributed by atoms with E-state index in [0.717, 1.165) is 6.42 Å². The fraction of sp³-hybridized carbons (Fsp3) is 0.900. The molecular formula is C10H20N2O3. The standard InChI is InChI=1S/C10H20N2O3/c1-7-9(4-6-15-7)12-10(13)8(11)3-5-14-2/h7-9H,3-6,11H2,1-2H3,(H,12,13). The molecule has 0 aromatic carbocycles. The minimum absolute atomic E-state index is 0.0866. The van der Waals surface area contributed by atoms with Gasteiger partial charge in [0.25, 0.3) is 0 Å². The summed E-state index contributed by atoms with van der Waals surface area (Å²) in [6, 6.07) is -0.385. The van der Waals surface area contributed by atoms with Gasteiger partial charge in [-0.15, -0.1) is 0 Å². The molecule has 0 aliphatic carbocycles. The lowest BCUT2D eigenvalue weighted by Gasteiger charge is -2.18. The molecule has 1 heterocycles. The molecule has 1 fully saturated rings. The number of hydrogen-bond donors (Lipinski definition) is 2. The third kappa shape index (κ3) is 3.77. The summed E-state index contributed by atoms with van der Waals surface area (Å²) in [5.41, 5.74) is 5.69. The molecule has 3 unspecified atom stereocenters. The summed E-state index contributed by atoms with van der Waals surface area (Å²) >= 11 is 0. The van der Waals surface area contributed by atoms with E-state index >= 15 is 0 Å². The molecule has 1 saturated heterocycles. The number of methoxy groups -OCH3 is 1. The van der Waals surface area contributed by atoms with Gasteiger partial charge >= 0.3 is 0 Å². The lowest BCUT2D eigenvalue weighted by Crippen LogP contribution is -2.47. The Labute approximate surface area is 90.3 Å². The third-order valence-electron chi connectivity index (χ3n) is 2.67. The molecule has 0 bridgehead atoms. The maximum atomic E-state index is 11.6. The molecule has 5 nitrogen and oxygen atoms in total. The van der Waals surface area contributed by atoms with Crippen molar-refractivity contribution in [2.45, 2.75) is 38.0 Å². The van der Waals surface area contributed by atoms with Gasteiger partial charge in [-0.05, 0) is 19.8 Å². The Hall–Kier alpha value is -0.650. The second-order valence-corrected chi connectivity index (χ2v) is 3.87. The maximum absolute atomic E-state index is 11.6. The van der Waals surface area contributed by atoms with Crippen molar-refractivity contribution in [1.82, 2.24) is 5.32 Å². The maximum Gasteiger partial charge on any atom is 0.237 e. The summed E-state index contributed by atoms with van der Waals surface area (Å²) in [4.78, 5) is 11.6. The van der Waals surface area contributed by atoms with E-state index < -0.39 is 6.04 Å². The molecule has 0 aromatic rings. The van der Waals surface area contributed by atoms with Crippen LogP contribution in [0.5, 0.6) is 0 Å². The molecule has 3 atom stereocenters. The molecule has 0 spiro atoms. The number of carbonyl (C=O) groups is 1. The molecular weight excluding hydrogens is 196 g/mol. The lowest BCUT2D eigenvalue weighted by molar-refractivity contribution is -0.123. The van der Waals surface area contributed by atoms with Crippen LogP contribution in [0.15, 0.2) is 0 Å². The van der Waals surface area contributed by atoms with E-state index in [1.54, 1.807) is 7.11 Å². The number of rotatable bonds is 5. The van der Waals surface area contributed by atoms with Crippen molar-refractivity contribution in [1.29, 1.82) is 0 Å². The minimum Gasteiger partial charge on any atom is -0.385 e. The van der Waals surface area contributed by atoms with Crippen molar-refractivity contribution in [3.05, 3.63) is 0 Å². The summed E-state index contributed by atoms with van der Waals surface area (Å²) in [5, 5.41) is 2.89. The van der Waals surface area contributed by atoms with Crippen molar-refractivity contribution >= 4 is 5.91 Å². The van der Waals surface area contributed by atoms with Gasteiger partial charge < -0.3 is 20.5 Å². The highest BCUT2D eigenvalue weighted by Crippen LogP contribution is 2.12. The predicted molar refractivity (Wildman–Crippen MR) is 56.4 cm³/mol. The Kier molecular flexibility index (Phi) is 5.01. The highest BCUT2D eigenvalue weighted by Gasteiger charge is 2.27. The first-order valence-electron chi connectivity index (χ1n) is 5.31. The van der Waals surface area contributed by atoms with Gasteiger partial charge in [-0.2, -0.15) is 0 Å². The van der Waals surface area contributed by atoms with Crippen LogP contribution in [0, 0.1) is 0 Å². The van der Waals surface area contributed by atoms with Crippen LogP contribution in [0.4, 0.5) is 0 Å². The van der Waals surface area contributed by atoms with Crippen molar-refractivity contribution in [3.63, 3.8) is 0 Å². The first-order valence-corrected chi connectivity index (χ1v) is 5.31. The zero-order chi connectivity index (χ0) is 11.3. The van der Waals surface area contributed by atoms with Gasteiger partial charge in [0.15, 0.2) is 0 Å². The Morgan fingerprint density at radius 3 is 3.00 bits per heavy atom. The minimum atomic E-state index is -0.488. The van der Waals surface area contributed by atoms with Crippen LogP contribution in [0.25, 0.3) is 0 Å². The summed E-state index contributed by atoms with van der Waals surface area (Å²) in [5.74, 6) is -0.116. The van der Waals surface area contributed by atoms with Gasteiger partial charge in [-0.3, -0.25) is 4.79 Å². The fourth-order valence-electron chi connectivity index (χ4n) is 1.59. The van der Waals surface area contributed by atoms with Gasteiger partial charge in [-0.1, -0.05) is 0 Å². The molecule has 0 radical (unpaired) electrons. The highest BCUT2D eigenvalue weighted by molar-refractivity contribution is 5.81. The molecule has 3 N–H and O–H groups in total. The second kappa shape index (κ2) is 6.05. The number of amides is 1. The van der Waals surface area contributed by atoms with E-state index in [9.17, 15) is 4.79 Å². The van der Waals surface area contributed by atoms with Crippen LogP contribution >= 0.6 is 0 Å². The summed E-state index contributed by atoms with van der Waals surface area (Å²) in [7, 11) is 1.59. The Balaban J connectivity index is 2.27. The molecule has 5 heteroatoms. The summed E-state index contributed by atoms with van der Waals surface area (Å²) in [6.07, 6.45) is 1.50. The molecule has 88 valence electrons. The predicted octanol–water partition coefficient (Wildman–Crippen LogP) is -0.356. The third-order valence-corrected chi connectivity index (χ3v) is 2.67. The van der Waals surface area contributed by atoms with Crippen molar-refractivity contribution in [3.8, 4) is 0 Å². The van der Waals surface area contributed by atoms with Crippen LogP contribution in [0.3, 0.4) is 0 Å². The zero-order valence-corrected chi connectivity index (χ0v) is 9.36.